The largest absolute Gasteiger partial charge is 0.504 e. The van der Waals surface area contributed by atoms with Gasteiger partial charge in [0.25, 0.3) is 0 Å². The maximum absolute atomic E-state index is 9.65. The number of fused-ring (bicyclic) bond motifs is 1. The molecule has 1 aliphatic rings. The number of hydrogen-bond acceptors (Lipinski definition) is 3. The van der Waals surface area contributed by atoms with Crippen molar-refractivity contribution in [3.8, 4) is 11.5 Å². The average molecular weight is 207 g/mol. The fraction of sp³-hybridized carbons (Fsp3) is 0.500. The lowest BCUT2D eigenvalue weighted by Gasteiger charge is -2.26. The summed E-state index contributed by atoms with van der Waals surface area (Å²) in [7, 11) is 0. The van der Waals surface area contributed by atoms with Crippen LogP contribution in [0.4, 0.5) is 0 Å². The van der Waals surface area contributed by atoms with Crippen molar-refractivity contribution in [1.29, 1.82) is 0 Å². The summed E-state index contributed by atoms with van der Waals surface area (Å²) in [6, 6.07) is 5.59. The smallest absolute Gasteiger partial charge is 0.164 e. The molecule has 2 rings (SSSR count). The summed E-state index contributed by atoms with van der Waals surface area (Å²) in [5.74, 6) is 1.39. The standard InChI is InChI=1S/C12H17NO2/c1-2-13-8-9-6-7-15-12-10(9)4-3-5-11(12)14/h3-5,9,13-14H,2,6-8H2,1H3. The number of likely N-dealkylation sites (N-methyl/N-ethyl adjacent to an activating group) is 1. The first-order valence-corrected chi connectivity index (χ1v) is 5.48. The van der Waals surface area contributed by atoms with Gasteiger partial charge in [-0.2, -0.15) is 0 Å². The monoisotopic (exact) mass is 207 g/mol. The Hall–Kier alpha value is -1.22. The molecule has 0 aromatic heterocycles. The van der Waals surface area contributed by atoms with E-state index in [0.717, 1.165) is 25.1 Å². The first kappa shape index (κ1) is 10.3. The van der Waals surface area contributed by atoms with Crippen LogP contribution in [0.3, 0.4) is 0 Å². The van der Waals surface area contributed by atoms with E-state index in [2.05, 4.69) is 12.2 Å². The molecule has 0 aliphatic carbocycles. The van der Waals surface area contributed by atoms with Gasteiger partial charge in [0.05, 0.1) is 6.61 Å². The molecule has 1 unspecified atom stereocenters. The highest BCUT2D eigenvalue weighted by atomic mass is 16.5. The van der Waals surface area contributed by atoms with Crippen molar-refractivity contribution in [3.63, 3.8) is 0 Å². The molecule has 0 saturated heterocycles. The van der Waals surface area contributed by atoms with Crippen molar-refractivity contribution >= 4 is 0 Å². The average Bonchev–Trinajstić information content (AvgIpc) is 2.27. The van der Waals surface area contributed by atoms with Crippen molar-refractivity contribution in [3.05, 3.63) is 23.8 Å². The number of aromatic hydroxyl groups is 1. The summed E-state index contributed by atoms with van der Waals surface area (Å²) in [6.07, 6.45) is 1.02. The normalized spacial score (nSPS) is 19.4. The first-order valence-electron chi connectivity index (χ1n) is 5.48. The topological polar surface area (TPSA) is 41.5 Å². The number of phenolic OH excluding ortho intramolecular Hbond substituents is 1. The second kappa shape index (κ2) is 4.53. The zero-order valence-corrected chi connectivity index (χ0v) is 8.99. The second-order valence-electron chi connectivity index (χ2n) is 3.84. The van der Waals surface area contributed by atoms with Crippen molar-refractivity contribution in [2.24, 2.45) is 0 Å². The van der Waals surface area contributed by atoms with Crippen molar-refractivity contribution < 1.29 is 9.84 Å². The molecule has 0 bridgehead atoms. The summed E-state index contributed by atoms with van der Waals surface area (Å²) in [5, 5.41) is 13.0. The molecule has 0 spiro atoms. The Morgan fingerprint density at radius 3 is 3.20 bits per heavy atom. The van der Waals surface area contributed by atoms with Gasteiger partial charge in [0.1, 0.15) is 0 Å². The van der Waals surface area contributed by atoms with Crippen LogP contribution < -0.4 is 10.1 Å². The van der Waals surface area contributed by atoms with E-state index in [1.54, 1.807) is 6.07 Å². The minimum Gasteiger partial charge on any atom is -0.504 e. The molecule has 1 atom stereocenters. The zero-order chi connectivity index (χ0) is 10.7. The molecule has 1 aromatic carbocycles. The maximum atomic E-state index is 9.65. The van der Waals surface area contributed by atoms with Crippen LogP contribution in [0, 0.1) is 0 Å². The van der Waals surface area contributed by atoms with Gasteiger partial charge < -0.3 is 15.2 Å². The fourth-order valence-electron chi connectivity index (χ4n) is 2.01. The SMILES string of the molecule is CCNCC1CCOc2c(O)cccc21. The van der Waals surface area contributed by atoms with Gasteiger partial charge in [-0.05, 0) is 19.0 Å². The molecule has 1 aromatic rings. The lowest BCUT2D eigenvalue weighted by Crippen LogP contribution is -2.25. The van der Waals surface area contributed by atoms with Crippen LogP contribution in [-0.4, -0.2) is 24.8 Å². The molecule has 1 aliphatic heterocycles. The summed E-state index contributed by atoms with van der Waals surface area (Å²) in [6.45, 7) is 4.73. The van der Waals surface area contributed by atoms with E-state index in [1.807, 2.05) is 12.1 Å². The molecule has 0 saturated carbocycles. The summed E-state index contributed by atoms with van der Waals surface area (Å²) >= 11 is 0. The molecule has 0 radical (unpaired) electrons. The molecule has 1 heterocycles. The lowest BCUT2D eigenvalue weighted by atomic mass is 9.93. The van der Waals surface area contributed by atoms with Gasteiger partial charge in [-0.3, -0.25) is 0 Å². The third-order valence-corrected chi connectivity index (χ3v) is 2.82. The number of hydrogen-bond donors (Lipinski definition) is 2. The number of rotatable bonds is 3. The Bertz CT molecular complexity index is 338. The van der Waals surface area contributed by atoms with Crippen LogP contribution in [0.1, 0.15) is 24.8 Å². The van der Waals surface area contributed by atoms with E-state index in [4.69, 9.17) is 4.74 Å². The predicted octanol–water partition coefficient (Wildman–Crippen LogP) is 1.87. The molecular weight excluding hydrogens is 190 g/mol. The Labute approximate surface area is 90.1 Å². The Morgan fingerprint density at radius 2 is 2.40 bits per heavy atom. The predicted molar refractivity (Wildman–Crippen MR) is 59.5 cm³/mol. The highest BCUT2D eigenvalue weighted by Crippen LogP contribution is 2.39. The third-order valence-electron chi connectivity index (χ3n) is 2.82. The van der Waals surface area contributed by atoms with E-state index >= 15 is 0 Å². The molecule has 3 nitrogen and oxygen atoms in total. The van der Waals surface area contributed by atoms with Gasteiger partial charge in [0.15, 0.2) is 11.5 Å². The van der Waals surface area contributed by atoms with Gasteiger partial charge in [-0.25, -0.2) is 0 Å². The minimum absolute atomic E-state index is 0.258. The molecule has 0 fully saturated rings. The third kappa shape index (κ3) is 2.07. The van der Waals surface area contributed by atoms with Crippen LogP contribution in [0.25, 0.3) is 0 Å². The van der Waals surface area contributed by atoms with Gasteiger partial charge in [-0.15, -0.1) is 0 Å². The number of benzene rings is 1. The zero-order valence-electron chi connectivity index (χ0n) is 8.99. The molecule has 0 amide bonds. The summed E-state index contributed by atoms with van der Waals surface area (Å²) < 4.78 is 5.49. The minimum atomic E-state index is 0.258. The van der Waals surface area contributed by atoms with Gasteiger partial charge >= 0.3 is 0 Å². The van der Waals surface area contributed by atoms with E-state index in [9.17, 15) is 5.11 Å². The van der Waals surface area contributed by atoms with Gasteiger partial charge in [-0.1, -0.05) is 19.1 Å². The molecule has 2 N–H and O–H groups in total. The van der Waals surface area contributed by atoms with E-state index in [1.165, 1.54) is 0 Å². The van der Waals surface area contributed by atoms with E-state index < -0.39 is 0 Å². The van der Waals surface area contributed by atoms with Crippen molar-refractivity contribution in [2.45, 2.75) is 19.3 Å². The summed E-state index contributed by atoms with van der Waals surface area (Å²) in [4.78, 5) is 0. The van der Waals surface area contributed by atoms with Crippen LogP contribution in [0.15, 0.2) is 18.2 Å². The molecular formula is C12H17NO2. The van der Waals surface area contributed by atoms with Gasteiger partial charge in [0.2, 0.25) is 0 Å². The van der Waals surface area contributed by atoms with Crippen molar-refractivity contribution in [2.75, 3.05) is 19.7 Å². The van der Waals surface area contributed by atoms with Crippen molar-refractivity contribution in [1.82, 2.24) is 5.32 Å². The van der Waals surface area contributed by atoms with Crippen LogP contribution in [0.5, 0.6) is 11.5 Å². The second-order valence-corrected chi connectivity index (χ2v) is 3.84. The number of phenols is 1. The number of ether oxygens (including phenoxy) is 1. The quantitative estimate of drug-likeness (QED) is 0.795. The van der Waals surface area contributed by atoms with E-state index in [0.29, 0.717) is 18.3 Å². The highest BCUT2D eigenvalue weighted by molar-refractivity contribution is 5.48. The van der Waals surface area contributed by atoms with Crippen LogP contribution >= 0.6 is 0 Å². The Morgan fingerprint density at radius 1 is 1.53 bits per heavy atom. The molecule has 3 heteroatoms. The van der Waals surface area contributed by atoms with Gasteiger partial charge in [0, 0.05) is 18.0 Å². The Kier molecular flexibility index (Phi) is 3.11. The lowest BCUT2D eigenvalue weighted by molar-refractivity contribution is 0.252. The number of para-hydroxylation sites is 1. The van der Waals surface area contributed by atoms with E-state index in [-0.39, 0.29) is 5.75 Å². The first-order chi connectivity index (χ1) is 7.33. The Balaban J connectivity index is 2.22. The summed E-state index contributed by atoms with van der Waals surface area (Å²) in [5.41, 5.74) is 1.13. The highest BCUT2D eigenvalue weighted by Gasteiger charge is 2.22. The number of nitrogens with one attached hydrogen (secondary N) is 1. The van der Waals surface area contributed by atoms with Crippen LogP contribution in [-0.2, 0) is 0 Å². The van der Waals surface area contributed by atoms with Crippen LogP contribution in [0.2, 0.25) is 0 Å². The maximum Gasteiger partial charge on any atom is 0.164 e. The fourth-order valence-corrected chi connectivity index (χ4v) is 2.01. The molecule has 82 valence electrons. The molecule has 15 heavy (non-hydrogen) atoms.